The van der Waals surface area contributed by atoms with E-state index in [0.29, 0.717) is 16.5 Å². The van der Waals surface area contributed by atoms with Crippen LogP contribution in [0.3, 0.4) is 0 Å². The van der Waals surface area contributed by atoms with Crippen LogP contribution in [0.5, 0.6) is 0 Å². The van der Waals surface area contributed by atoms with E-state index in [9.17, 15) is 4.79 Å². The van der Waals surface area contributed by atoms with Crippen molar-refractivity contribution in [1.82, 2.24) is 9.88 Å². The number of hydrogen-bond acceptors (Lipinski definition) is 2. The molecule has 0 saturated carbocycles. The van der Waals surface area contributed by atoms with Crippen LogP contribution in [0.25, 0.3) is 22.0 Å². The zero-order chi connectivity index (χ0) is 17.4. The van der Waals surface area contributed by atoms with E-state index in [1.54, 1.807) is 6.20 Å². The van der Waals surface area contributed by atoms with Crippen LogP contribution in [-0.4, -0.2) is 35.8 Å². The van der Waals surface area contributed by atoms with Gasteiger partial charge in [0, 0.05) is 34.8 Å². The summed E-state index contributed by atoms with van der Waals surface area (Å²) in [4.78, 5) is 16.8. The van der Waals surface area contributed by atoms with Crippen molar-refractivity contribution in [2.24, 2.45) is 0 Å². The average molecular weight is 353 g/mol. The number of fused-ring (bicyclic) bond motifs is 1. The number of aromatic nitrogens is 1. The van der Waals surface area contributed by atoms with Gasteiger partial charge < -0.3 is 9.88 Å². The maximum Gasteiger partial charge on any atom is 0.152 e. The Bertz CT molecular complexity index is 914. The molecular weight excluding hydrogens is 332 g/mol. The second kappa shape index (κ2) is 6.66. The number of nitrogens with one attached hydrogen (secondary N) is 1. The summed E-state index contributed by atoms with van der Waals surface area (Å²) in [5.74, 6) is 0.623. The monoisotopic (exact) mass is 352 g/mol. The Balaban J connectivity index is 1.67. The summed E-state index contributed by atoms with van der Waals surface area (Å²) in [5, 5.41) is 1.60. The molecule has 0 aliphatic carbocycles. The number of nitrogens with zero attached hydrogens (tertiary/aromatic N) is 1. The van der Waals surface area contributed by atoms with Gasteiger partial charge in [0.25, 0.3) is 0 Å². The summed E-state index contributed by atoms with van der Waals surface area (Å²) >= 11 is 6.48. The summed E-state index contributed by atoms with van der Waals surface area (Å²) in [7, 11) is 0. The zero-order valence-corrected chi connectivity index (χ0v) is 15.0. The first-order valence-electron chi connectivity index (χ1n) is 8.78. The van der Waals surface area contributed by atoms with Crippen LogP contribution >= 0.6 is 11.6 Å². The molecule has 1 fully saturated rings. The number of likely N-dealkylation sites (N-methyl/N-ethyl adjacent to an activating group) is 1. The van der Waals surface area contributed by atoms with Crippen LogP contribution < -0.4 is 0 Å². The number of halogens is 1. The van der Waals surface area contributed by atoms with Gasteiger partial charge in [-0.05, 0) is 48.7 Å². The molecule has 0 radical (unpaired) electrons. The van der Waals surface area contributed by atoms with Crippen molar-refractivity contribution >= 4 is 28.8 Å². The number of aldehydes is 1. The molecule has 1 N–H and O–H groups in total. The van der Waals surface area contributed by atoms with Crippen LogP contribution in [0.1, 0.15) is 35.2 Å². The van der Waals surface area contributed by atoms with Crippen LogP contribution in [0, 0.1) is 0 Å². The number of rotatable bonds is 4. The van der Waals surface area contributed by atoms with Gasteiger partial charge in [-0.1, -0.05) is 42.8 Å². The number of carbonyl (C=O) groups is 1. The molecule has 3 nitrogen and oxygen atoms in total. The van der Waals surface area contributed by atoms with Crippen molar-refractivity contribution in [3.63, 3.8) is 0 Å². The molecule has 0 amide bonds. The Hall–Kier alpha value is -2.10. The standard InChI is InChI=1S/C21H21ClN2O/c1-2-24-8-7-16(12-24)14-3-5-15(6-4-14)18-9-19-17(13-25)11-23-21(19)10-20(18)22/h3-6,9-11,13,16,23H,2,7-8,12H2,1H3. The van der Waals surface area contributed by atoms with Gasteiger partial charge in [-0.15, -0.1) is 0 Å². The van der Waals surface area contributed by atoms with E-state index in [2.05, 4.69) is 41.1 Å². The average Bonchev–Trinajstić information content (AvgIpc) is 3.27. The van der Waals surface area contributed by atoms with Crippen molar-refractivity contribution in [3.8, 4) is 11.1 Å². The van der Waals surface area contributed by atoms with Gasteiger partial charge in [-0.25, -0.2) is 0 Å². The highest BCUT2D eigenvalue weighted by Crippen LogP contribution is 2.34. The smallest absolute Gasteiger partial charge is 0.152 e. The van der Waals surface area contributed by atoms with Gasteiger partial charge in [-0.3, -0.25) is 4.79 Å². The molecular formula is C21H21ClN2O. The fourth-order valence-corrected chi connectivity index (χ4v) is 4.08. The second-order valence-electron chi connectivity index (χ2n) is 6.74. The largest absolute Gasteiger partial charge is 0.360 e. The van der Waals surface area contributed by atoms with E-state index in [1.165, 1.54) is 18.5 Å². The van der Waals surface area contributed by atoms with E-state index in [-0.39, 0.29) is 0 Å². The number of carbonyl (C=O) groups excluding carboxylic acids is 1. The number of H-pyrrole nitrogens is 1. The molecule has 25 heavy (non-hydrogen) atoms. The first-order valence-corrected chi connectivity index (χ1v) is 9.16. The third-order valence-electron chi connectivity index (χ3n) is 5.34. The molecule has 0 spiro atoms. The van der Waals surface area contributed by atoms with Gasteiger partial charge >= 0.3 is 0 Å². The van der Waals surface area contributed by atoms with Gasteiger partial charge in [0.1, 0.15) is 0 Å². The summed E-state index contributed by atoms with van der Waals surface area (Å²) in [5.41, 5.74) is 4.99. The molecule has 2 heterocycles. The maximum atomic E-state index is 11.2. The Morgan fingerprint density at radius 1 is 1.28 bits per heavy atom. The molecule has 3 aromatic rings. The molecule has 1 aromatic heterocycles. The number of aromatic amines is 1. The van der Waals surface area contributed by atoms with Crippen LogP contribution in [0.15, 0.2) is 42.6 Å². The normalized spacial score (nSPS) is 18.1. The fourth-order valence-electron chi connectivity index (χ4n) is 3.81. The second-order valence-corrected chi connectivity index (χ2v) is 7.15. The molecule has 1 aliphatic rings. The summed E-state index contributed by atoms with van der Waals surface area (Å²) in [6.07, 6.45) is 3.82. The van der Waals surface area contributed by atoms with E-state index < -0.39 is 0 Å². The van der Waals surface area contributed by atoms with Gasteiger partial charge in [0.2, 0.25) is 0 Å². The van der Waals surface area contributed by atoms with Crippen molar-refractivity contribution in [3.05, 3.63) is 58.7 Å². The lowest BCUT2D eigenvalue weighted by molar-refractivity contribution is 0.112. The minimum atomic E-state index is 0.623. The molecule has 1 aliphatic heterocycles. The van der Waals surface area contributed by atoms with Gasteiger partial charge in [0.05, 0.1) is 5.02 Å². The highest BCUT2D eigenvalue weighted by Gasteiger charge is 2.22. The fraction of sp³-hybridized carbons (Fsp3) is 0.286. The minimum absolute atomic E-state index is 0.623. The van der Waals surface area contributed by atoms with Gasteiger partial charge in [-0.2, -0.15) is 0 Å². The number of likely N-dealkylation sites (tertiary alicyclic amines) is 1. The van der Waals surface area contributed by atoms with E-state index in [4.69, 9.17) is 11.6 Å². The summed E-state index contributed by atoms with van der Waals surface area (Å²) in [6, 6.07) is 12.6. The molecule has 1 saturated heterocycles. The molecule has 0 bridgehead atoms. The van der Waals surface area contributed by atoms with Crippen LogP contribution in [-0.2, 0) is 0 Å². The van der Waals surface area contributed by atoms with Crippen LogP contribution in [0.4, 0.5) is 0 Å². The number of benzene rings is 2. The summed E-state index contributed by atoms with van der Waals surface area (Å²) < 4.78 is 0. The lowest BCUT2D eigenvalue weighted by Crippen LogP contribution is -2.19. The lowest BCUT2D eigenvalue weighted by atomic mass is 9.95. The Morgan fingerprint density at radius 2 is 2.08 bits per heavy atom. The lowest BCUT2D eigenvalue weighted by Gasteiger charge is -2.14. The third-order valence-corrected chi connectivity index (χ3v) is 5.65. The highest BCUT2D eigenvalue weighted by atomic mass is 35.5. The SMILES string of the molecule is CCN1CCC(c2ccc(-c3cc4c(C=O)c[nH]c4cc3Cl)cc2)C1. The number of hydrogen-bond donors (Lipinski definition) is 1. The van der Waals surface area contributed by atoms with E-state index in [1.807, 2.05) is 12.1 Å². The third kappa shape index (κ3) is 2.99. The zero-order valence-electron chi connectivity index (χ0n) is 14.3. The van der Waals surface area contributed by atoms with E-state index >= 15 is 0 Å². The van der Waals surface area contributed by atoms with E-state index in [0.717, 1.165) is 41.4 Å². The molecule has 4 heteroatoms. The Kier molecular flexibility index (Phi) is 4.36. The predicted molar refractivity (Wildman–Crippen MR) is 104 cm³/mol. The van der Waals surface area contributed by atoms with Gasteiger partial charge in [0.15, 0.2) is 6.29 Å². The Morgan fingerprint density at radius 3 is 2.76 bits per heavy atom. The minimum Gasteiger partial charge on any atom is -0.360 e. The predicted octanol–water partition coefficient (Wildman–Crippen LogP) is 5.11. The molecule has 128 valence electrons. The topological polar surface area (TPSA) is 36.1 Å². The van der Waals surface area contributed by atoms with Crippen molar-refractivity contribution in [2.75, 3.05) is 19.6 Å². The van der Waals surface area contributed by atoms with Crippen LogP contribution in [0.2, 0.25) is 5.02 Å². The maximum absolute atomic E-state index is 11.2. The molecule has 1 unspecified atom stereocenters. The summed E-state index contributed by atoms with van der Waals surface area (Å²) in [6.45, 7) is 5.68. The van der Waals surface area contributed by atoms with Crippen molar-refractivity contribution in [1.29, 1.82) is 0 Å². The first kappa shape index (κ1) is 16.4. The highest BCUT2D eigenvalue weighted by molar-refractivity contribution is 6.34. The molecule has 4 rings (SSSR count). The van der Waals surface area contributed by atoms with Crippen molar-refractivity contribution < 1.29 is 4.79 Å². The first-order chi connectivity index (χ1) is 12.2. The molecule has 2 aromatic carbocycles. The molecule has 1 atom stereocenters. The quantitative estimate of drug-likeness (QED) is 0.662. The van der Waals surface area contributed by atoms with Crippen molar-refractivity contribution in [2.45, 2.75) is 19.3 Å². The Labute approximate surface area is 152 Å².